The lowest BCUT2D eigenvalue weighted by Crippen LogP contribution is -2.09. The molecule has 0 aliphatic rings. The molecule has 0 fully saturated rings. The summed E-state index contributed by atoms with van der Waals surface area (Å²) in [6.07, 6.45) is 0. The van der Waals surface area contributed by atoms with Crippen molar-refractivity contribution in [2.24, 2.45) is 0 Å². The van der Waals surface area contributed by atoms with Crippen molar-refractivity contribution in [1.29, 1.82) is 0 Å². The number of para-hydroxylation sites is 2. The molecule has 0 amide bonds. The van der Waals surface area contributed by atoms with Gasteiger partial charge in [0.15, 0.2) is 0 Å². The van der Waals surface area contributed by atoms with E-state index < -0.39 is 0 Å². The normalized spacial score (nSPS) is 11.5. The Bertz CT molecular complexity index is 2950. The molecule has 0 atom stereocenters. The van der Waals surface area contributed by atoms with Gasteiger partial charge in [0.25, 0.3) is 0 Å². The fraction of sp³-hybridized carbons (Fsp3) is 0. The van der Waals surface area contributed by atoms with E-state index in [-0.39, 0.29) is 11.6 Å². The van der Waals surface area contributed by atoms with Crippen molar-refractivity contribution in [3.63, 3.8) is 0 Å². The first-order valence-corrected chi connectivity index (χ1v) is 18.3. The number of fused-ring (bicyclic) bond motifs is 5. The summed E-state index contributed by atoms with van der Waals surface area (Å²) in [5.74, 6) is -0.591. The lowest BCUT2D eigenvalue weighted by Gasteiger charge is -2.26. The molecule has 2 heterocycles. The van der Waals surface area contributed by atoms with Gasteiger partial charge in [-0.05, 0) is 119 Å². The molecule has 0 spiro atoms. The molecule has 0 radical (unpaired) electrons. The van der Waals surface area contributed by atoms with Gasteiger partial charge in [-0.2, -0.15) is 0 Å². The molecule has 5 heteroatoms. The van der Waals surface area contributed by atoms with Crippen molar-refractivity contribution in [3.8, 4) is 33.6 Å². The van der Waals surface area contributed by atoms with Gasteiger partial charge < -0.3 is 4.90 Å². The van der Waals surface area contributed by atoms with E-state index in [9.17, 15) is 8.78 Å². The van der Waals surface area contributed by atoms with Crippen LogP contribution in [0.25, 0.3) is 66.5 Å². The highest BCUT2D eigenvalue weighted by Gasteiger charge is 2.23. The van der Waals surface area contributed by atoms with E-state index in [0.29, 0.717) is 0 Å². The van der Waals surface area contributed by atoms with Crippen LogP contribution < -0.4 is 4.90 Å². The minimum Gasteiger partial charge on any atom is -0.311 e. The van der Waals surface area contributed by atoms with Crippen molar-refractivity contribution >= 4 is 49.9 Å². The van der Waals surface area contributed by atoms with Gasteiger partial charge >= 0.3 is 0 Å². The van der Waals surface area contributed by atoms with E-state index in [1.165, 1.54) is 35.4 Å². The second kappa shape index (κ2) is 13.3. The van der Waals surface area contributed by atoms with Crippen LogP contribution in [0.2, 0.25) is 0 Å². The molecule has 3 nitrogen and oxygen atoms in total. The number of aromatic nitrogens is 2. The molecule has 0 aliphatic heterocycles. The fourth-order valence-electron chi connectivity index (χ4n) is 7.89. The van der Waals surface area contributed by atoms with Gasteiger partial charge in [0.05, 0.1) is 11.0 Å². The summed E-state index contributed by atoms with van der Waals surface area (Å²) in [5, 5.41) is 3.24. The van der Waals surface area contributed by atoms with Crippen molar-refractivity contribution in [3.05, 3.63) is 212 Å². The Hall–Kier alpha value is -7.24. The highest BCUT2D eigenvalue weighted by Crippen LogP contribution is 2.43. The summed E-state index contributed by atoms with van der Waals surface area (Å²) >= 11 is 0. The average molecular weight is 714 g/mol. The number of benzene rings is 8. The van der Waals surface area contributed by atoms with Crippen molar-refractivity contribution in [1.82, 2.24) is 9.13 Å². The smallest absolute Gasteiger partial charge is 0.131 e. The molecule has 55 heavy (non-hydrogen) atoms. The predicted octanol–water partition coefficient (Wildman–Crippen LogP) is 13.8. The molecule has 10 aromatic rings. The summed E-state index contributed by atoms with van der Waals surface area (Å²) in [7, 11) is 0. The van der Waals surface area contributed by atoms with Crippen LogP contribution >= 0.6 is 0 Å². The maximum atomic E-state index is 14.3. The Morgan fingerprint density at radius 1 is 0.345 bits per heavy atom. The molecule has 0 saturated carbocycles. The van der Waals surface area contributed by atoms with Gasteiger partial charge in [-0.3, -0.25) is 9.13 Å². The van der Waals surface area contributed by atoms with Crippen LogP contribution in [0.3, 0.4) is 0 Å². The average Bonchev–Trinajstić information content (AvgIpc) is 3.75. The zero-order chi connectivity index (χ0) is 36.9. The van der Waals surface area contributed by atoms with E-state index in [1.807, 2.05) is 36.4 Å². The van der Waals surface area contributed by atoms with E-state index in [2.05, 4.69) is 141 Å². The van der Waals surface area contributed by atoms with Crippen molar-refractivity contribution in [2.45, 2.75) is 0 Å². The third-order valence-electron chi connectivity index (χ3n) is 10.4. The van der Waals surface area contributed by atoms with Crippen LogP contribution in [0.4, 0.5) is 25.8 Å². The third-order valence-corrected chi connectivity index (χ3v) is 10.4. The van der Waals surface area contributed by atoms with Crippen LogP contribution in [-0.4, -0.2) is 9.13 Å². The van der Waals surface area contributed by atoms with E-state index >= 15 is 0 Å². The largest absolute Gasteiger partial charge is 0.311 e. The maximum absolute atomic E-state index is 14.3. The van der Waals surface area contributed by atoms with Gasteiger partial charge in [-0.25, -0.2) is 8.78 Å². The van der Waals surface area contributed by atoms with Crippen LogP contribution in [0.1, 0.15) is 0 Å². The first-order chi connectivity index (χ1) is 27.1. The summed E-state index contributed by atoms with van der Waals surface area (Å²) in [6.45, 7) is 0. The zero-order valence-corrected chi connectivity index (χ0v) is 29.7. The number of hydrogen-bond acceptors (Lipinski definition) is 1. The number of rotatable bonds is 7. The molecule has 0 N–H and O–H groups in total. The third kappa shape index (κ3) is 5.65. The number of hydrogen-bond donors (Lipinski definition) is 0. The van der Waals surface area contributed by atoms with Gasteiger partial charge in [-0.1, -0.05) is 103 Å². The minimum atomic E-state index is -0.298. The highest BCUT2D eigenvalue weighted by atomic mass is 19.1. The second-order valence-electron chi connectivity index (χ2n) is 13.7. The molecular formula is C50H33F2N3. The van der Waals surface area contributed by atoms with E-state index in [4.69, 9.17) is 0 Å². The van der Waals surface area contributed by atoms with Crippen LogP contribution in [0.5, 0.6) is 0 Å². The summed E-state index contributed by atoms with van der Waals surface area (Å²) in [6, 6.07) is 66.3. The van der Waals surface area contributed by atoms with Gasteiger partial charge in [0, 0.05) is 44.6 Å². The lowest BCUT2D eigenvalue weighted by molar-refractivity contribution is 0.627. The Morgan fingerprint density at radius 2 is 0.782 bits per heavy atom. The van der Waals surface area contributed by atoms with E-state index in [0.717, 1.165) is 72.4 Å². The highest BCUT2D eigenvalue weighted by molar-refractivity contribution is 6.22. The molecule has 0 bridgehead atoms. The predicted molar refractivity (Wildman–Crippen MR) is 223 cm³/mol. The topological polar surface area (TPSA) is 13.1 Å². The van der Waals surface area contributed by atoms with Crippen molar-refractivity contribution in [2.75, 3.05) is 4.90 Å². The SMILES string of the molecule is Fc1ccc(-n2c3ccccc3c3c4ccc(-c5ccc(N(c6ccccc6)c6ccc(-c7ccccc7)cc6)cc5)cc4n(-c4ccc(F)cc4)c32)cc1. The molecule has 0 aliphatic carbocycles. The minimum absolute atomic E-state index is 0.293. The summed E-state index contributed by atoms with van der Waals surface area (Å²) in [5.41, 5.74) is 12.3. The number of nitrogens with zero attached hydrogens (tertiary/aromatic N) is 3. The first-order valence-electron chi connectivity index (χ1n) is 18.3. The Kier molecular flexibility index (Phi) is 7.85. The Balaban J connectivity index is 1.12. The van der Waals surface area contributed by atoms with Gasteiger partial charge in [0.2, 0.25) is 0 Å². The quantitative estimate of drug-likeness (QED) is 0.160. The molecule has 8 aromatic carbocycles. The first kappa shape index (κ1) is 32.4. The monoisotopic (exact) mass is 713 g/mol. The number of halogens is 2. The number of anilines is 3. The molecule has 0 unspecified atom stereocenters. The Labute approximate surface area is 317 Å². The lowest BCUT2D eigenvalue weighted by atomic mass is 10.0. The standard InChI is InChI=1S/C50H33F2N3/c51-38-20-28-43(29-21-38)54-47-14-8-7-13-45(47)49-46-32-19-37(33-48(46)55(50(49)54)44-30-22-39(52)23-31-44)36-17-26-42(27-18-36)53(40-11-5-2-6-12-40)41-24-15-35(16-25-41)34-9-3-1-4-10-34/h1-33H. The van der Waals surface area contributed by atoms with E-state index in [1.54, 1.807) is 12.1 Å². The summed E-state index contributed by atoms with van der Waals surface area (Å²) < 4.78 is 32.9. The second-order valence-corrected chi connectivity index (χ2v) is 13.7. The fourth-order valence-corrected chi connectivity index (χ4v) is 7.89. The molecule has 2 aromatic heterocycles. The zero-order valence-electron chi connectivity index (χ0n) is 29.7. The molecule has 10 rings (SSSR count). The molecule has 0 saturated heterocycles. The molecular weight excluding hydrogens is 681 g/mol. The Morgan fingerprint density at radius 3 is 1.38 bits per heavy atom. The maximum Gasteiger partial charge on any atom is 0.131 e. The van der Waals surface area contributed by atoms with Crippen LogP contribution in [0.15, 0.2) is 200 Å². The van der Waals surface area contributed by atoms with Crippen LogP contribution in [0, 0.1) is 11.6 Å². The van der Waals surface area contributed by atoms with Gasteiger partial charge in [-0.15, -0.1) is 0 Å². The summed E-state index contributed by atoms with van der Waals surface area (Å²) in [4.78, 5) is 2.27. The van der Waals surface area contributed by atoms with Gasteiger partial charge in [0.1, 0.15) is 17.3 Å². The van der Waals surface area contributed by atoms with Crippen LogP contribution in [-0.2, 0) is 0 Å². The van der Waals surface area contributed by atoms with Crippen molar-refractivity contribution < 1.29 is 8.78 Å². The molecule has 262 valence electrons.